The maximum Gasteiger partial charge on any atom is 0.283 e. The third-order valence-corrected chi connectivity index (χ3v) is 6.15. The lowest BCUT2D eigenvalue weighted by molar-refractivity contribution is -0.120. The van der Waals surface area contributed by atoms with Gasteiger partial charge in [0, 0.05) is 24.3 Å². The molecule has 2 aliphatic rings. The number of hydrogen-bond donors (Lipinski definition) is 1. The van der Waals surface area contributed by atoms with Gasteiger partial charge in [0.2, 0.25) is 0 Å². The Balaban J connectivity index is 1.54. The van der Waals surface area contributed by atoms with Gasteiger partial charge < -0.3 is 10.2 Å². The molecule has 2 aromatic carbocycles. The van der Waals surface area contributed by atoms with Crippen molar-refractivity contribution in [1.82, 2.24) is 4.90 Å². The molecule has 2 aromatic rings. The number of imide groups is 1. The summed E-state index contributed by atoms with van der Waals surface area (Å²) in [5, 5.41) is 2.91. The van der Waals surface area contributed by atoms with Crippen molar-refractivity contribution in [3.8, 4) is 0 Å². The first-order chi connectivity index (χ1) is 14.4. The van der Waals surface area contributed by atoms with Gasteiger partial charge in [-0.1, -0.05) is 40.9 Å². The number of halogens is 3. The molecule has 0 atom stereocenters. The minimum absolute atomic E-state index is 0.0230. The maximum atomic E-state index is 12.9. The van der Waals surface area contributed by atoms with Gasteiger partial charge in [0.05, 0.1) is 15.7 Å². The number of hydrogen-bond acceptors (Lipinski definition) is 4. The van der Waals surface area contributed by atoms with E-state index in [9.17, 15) is 14.4 Å². The van der Waals surface area contributed by atoms with Gasteiger partial charge >= 0.3 is 0 Å². The minimum Gasteiger partial charge on any atom is -0.350 e. The molecule has 0 aromatic heterocycles. The van der Waals surface area contributed by atoms with Gasteiger partial charge in [0.1, 0.15) is 10.7 Å². The van der Waals surface area contributed by atoms with Crippen LogP contribution < -0.4 is 10.2 Å². The summed E-state index contributed by atoms with van der Waals surface area (Å²) in [7, 11) is 0. The number of benzene rings is 2. The fourth-order valence-electron chi connectivity index (χ4n) is 3.44. The molecule has 6 nitrogen and oxygen atoms in total. The van der Waals surface area contributed by atoms with Gasteiger partial charge in [-0.3, -0.25) is 14.4 Å². The molecule has 0 saturated carbocycles. The lowest BCUT2D eigenvalue weighted by atomic mass is 10.2. The molecule has 9 heteroatoms. The van der Waals surface area contributed by atoms with Crippen molar-refractivity contribution in [3.63, 3.8) is 0 Å². The lowest BCUT2D eigenvalue weighted by Crippen LogP contribution is -2.32. The Morgan fingerprint density at radius 3 is 2.23 bits per heavy atom. The molecule has 1 saturated heterocycles. The number of rotatable bonds is 4. The summed E-state index contributed by atoms with van der Waals surface area (Å²) in [6.07, 6.45) is 2.03. The van der Waals surface area contributed by atoms with Gasteiger partial charge in [-0.25, -0.2) is 4.90 Å². The first-order valence-electron chi connectivity index (χ1n) is 9.27. The van der Waals surface area contributed by atoms with Crippen molar-refractivity contribution in [3.05, 3.63) is 68.8 Å². The van der Waals surface area contributed by atoms with Crippen LogP contribution in [-0.2, 0) is 9.59 Å². The molecule has 2 aliphatic heterocycles. The number of nitrogens with zero attached hydrogens (tertiary/aromatic N) is 2. The number of anilines is 2. The van der Waals surface area contributed by atoms with E-state index in [-0.39, 0.29) is 32.4 Å². The van der Waals surface area contributed by atoms with E-state index in [0.29, 0.717) is 11.3 Å². The van der Waals surface area contributed by atoms with Crippen molar-refractivity contribution in [2.75, 3.05) is 23.3 Å². The van der Waals surface area contributed by atoms with Crippen LogP contribution in [0.15, 0.2) is 53.2 Å². The second kappa shape index (κ2) is 8.30. The Morgan fingerprint density at radius 2 is 1.57 bits per heavy atom. The number of nitrogens with one attached hydrogen (secondary N) is 1. The van der Waals surface area contributed by atoms with Crippen molar-refractivity contribution in [1.29, 1.82) is 0 Å². The molecule has 3 amide bonds. The van der Waals surface area contributed by atoms with Crippen LogP contribution in [0.25, 0.3) is 0 Å². The van der Waals surface area contributed by atoms with Gasteiger partial charge in [-0.05, 0) is 49.2 Å². The largest absolute Gasteiger partial charge is 0.350 e. The second-order valence-corrected chi connectivity index (χ2v) is 8.07. The molecule has 0 unspecified atom stereocenters. The maximum absolute atomic E-state index is 12.9. The smallest absolute Gasteiger partial charge is 0.283 e. The third kappa shape index (κ3) is 3.67. The Hall–Kier alpha value is -2.54. The van der Waals surface area contributed by atoms with E-state index in [1.807, 2.05) is 4.90 Å². The molecule has 0 radical (unpaired) electrons. The van der Waals surface area contributed by atoms with Gasteiger partial charge in [-0.15, -0.1) is 0 Å². The SMILES string of the molecule is O=C(c1ccc(NC2=C(Cl)C(=O)N(c3cccc(Cl)c3Cl)C2=O)cc1)N1CCCC1. The summed E-state index contributed by atoms with van der Waals surface area (Å²) < 4.78 is 0. The van der Waals surface area contributed by atoms with E-state index in [1.165, 1.54) is 6.07 Å². The quantitative estimate of drug-likeness (QED) is 0.668. The van der Waals surface area contributed by atoms with E-state index < -0.39 is 11.8 Å². The fourth-order valence-corrected chi connectivity index (χ4v) is 4.03. The highest BCUT2D eigenvalue weighted by atomic mass is 35.5. The molecule has 0 spiro atoms. The lowest BCUT2D eigenvalue weighted by Gasteiger charge is -2.17. The summed E-state index contributed by atoms with van der Waals surface area (Å²) in [5.41, 5.74) is 1.15. The van der Waals surface area contributed by atoms with Crippen LogP contribution in [0.2, 0.25) is 10.0 Å². The average molecular weight is 465 g/mol. The van der Waals surface area contributed by atoms with Gasteiger partial charge in [-0.2, -0.15) is 0 Å². The average Bonchev–Trinajstić information content (AvgIpc) is 3.35. The molecule has 154 valence electrons. The highest BCUT2D eigenvalue weighted by Gasteiger charge is 2.40. The predicted molar refractivity (Wildman–Crippen MR) is 117 cm³/mol. The molecule has 1 fully saturated rings. The molecule has 30 heavy (non-hydrogen) atoms. The second-order valence-electron chi connectivity index (χ2n) is 6.91. The predicted octanol–water partition coefficient (Wildman–Crippen LogP) is 4.67. The Morgan fingerprint density at radius 1 is 0.900 bits per heavy atom. The summed E-state index contributed by atoms with van der Waals surface area (Å²) >= 11 is 18.3. The van der Waals surface area contributed by atoms with Crippen molar-refractivity contribution < 1.29 is 14.4 Å². The minimum atomic E-state index is -0.700. The molecule has 0 bridgehead atoms. The van der Waals surface area contributed by atoms with Crippen LogP contribution in [-0.4, -0.2) is 35.7 Å². The van der Waals surface area contributed by atoms with Gasteiger partial charge in [0.15, 0.2) is 0 Å². The normalized spacial score (nSPS) is 16.6. The summed E-state index contributed by atoms with van der Waals surface area (Å²) in [5.74, 6) is -1.37. The van der Waals surface area contributed by atoms with Crippen molar-refractivity contribution in [2.45, 2.75) is 12.8 Å². The zero-order valence-corrected chi connectivity index (χ0v) is 17.9. The van der Waals surface area contributed by atoms with Crippen LogP contribution in [0.5, 0.6) is 0 Å². The topological polar surface area (TPSA) is 69.7 Å². The zero-order chi connectivity index (χ0) is 21.4. The standard InChI is InChI=1S/C21H16Cl3N3O3/c22-14-4-3-5-15(16(14)23)27-20(29)17(24)18(21(27)30)25-13-8-6-12(7-9-13)19(28)26-10-1-2-11-26/h3-9,25H,1-2,10-11H2. The Labute approximate surface area is 188 Å². The van der Waals surface area contributed by atoms with E-state index in [0.717, 1.165) is 30.8 Å². The van der Waals surface area contributed by atoms with Gasteiger partial charge in [0.25, 0.3) is 17.7 Å². The molecule has 1 N–H and O–H groups in total. The van der Waals surface area contributed by atoms with Crippen LogP contribution in [0, 0.1) is 0 Å². The van der Waals surface area contributed by atoms with E-state index in [4.69, 9.17) is 34.8 Å². The van der Waals surface area contributed by atoms with Crippen molar-refractivity contribution >= 4 is 63.9 Å². The van der Waals surface area contributed by atoms with Crippen LogP contribution >= 0.6 is 34.8 Å². The van der Waals surface area contributed by atoms with Crippen LogP contribution in [0.3, 0.4) is 0 Å². The Bertz CT molecular complexity index is 1080. The summed E-state index contributed by atoms with van der Waals surface area (Å²) in [6.45, 7) is 1.53. The number of amides is 3. The van der Waals surface area contributed by atoms with E-state index >= 15 is 0 Å². The fraction of sp³-hybridized carbons (Fsp3) is 0.190. The number of carbonyl (C=O) groups excluding carboxylic acids is 3. The van der Waals surface area contributed by atoms with E-state index in [2.05, 4.69) is 5.32 Å². The summed E-state index contributed by atoms with van der Waals surface area (Å²) in [6, 6.07) is 11.3. The highest BCUT2D eigenvalue weighted by molar-refractivity contribution is 6.54. The number of likely N-dealkylation sites (tertiary alicyclic amines) is 1. The molecule has 0 aliphatic carbocycles. The highest BCUT2D eigenvalue weighted by Crippen LogP contribution is 2.37. The van der Waals surface area contributed by atoms with Crippen LogP contribution in [0.1, 0.15) is 23.2 Å². The summed E-state index contributed by atoms with van der Waals surface area (Å²) in [4.78, 5) is 40.6. The number of carbonyl (C=O) groups is 3. The molecular weight excluding hydrogens is 449 g/mol. The van der Waals surface area contributed by atoms with E-state index in [1.54, 1.807) is 36.4 Å². The molecule has 2 heterocycles. The first kappa shape index (κ1) is 20.7. The zero-order valence-electron chi connectivity index (χ0n) is 15.6. The van der Waals surface area contributed by atoms with Crippen molar-refractivity contribution in [2.24, 2.45) is 0 Å². The molecule has 4 rings (SSSR count). The monoisotopic (exact) mass is 463 g/mol. The van der Waals surface area contributed by atoms with Crippen LogP contribution in [0.4, 0.5) is 11.4 Å². The molecular formula is C21H16Cl3N3O3. The third-order valence-electron chi connectivity index (χ3n) is 4.99. The first-order valence-corrected chi connectivity index (χ1v) is 10.4. The Kier molecular flexibility index (Phi) is 5.73.